The molecule has 2 aromatic carbocycles. The van der Waals surface area contributed by atoms with Gasteiger partial charge in [0.15, 0.2) is 11.7 Å². The fourth-order valence-electron chi connectivity index (χ4n) is 3.36. The number of hydrogen-bond acceptors (Lipinski definition) is 5. The molecule has 7 heteroatoms. The van der Waals surface area contributed by atoms with Crippen LogP contribution in [-0.2, 0) is 11.3 Å². The number of hydrogen-bond donors (Lipinski definition) is 0. The third-order valence-electron chi connectivity index (χ3n) is 4.81. The number of aromatic nitrogens is 3. The Balaban J connectivity index is 1.58. The molecule has 0 aliphatic rings. The zero-order valence-electron chi connectivity index (χ0n) is 17.3. The molecule has 6 nitrogen and oxygen atoms in total. The van der Waals surface area contributed by atoms with Crippen LogP contribution < -0.4 is 9.64 Å². The minimum absolute atomic E-state index is 0.0451. The summed E-state index contributed by atoms with van der Waals surface area (Å²) in [7, 11) is 0. The molecule has 0 bridgehead atoms. The summed E-state index contributed by atoms with van der Waals surface area (Å²) >= 11 is 1.53. The minimum Gasteiger partial charge on any atom is -0.484 e. The van der Waals surface area contributed by atoms with Gasteiger partial charge in [-0.3, -0.25) is 14.4 Å². The molecular formula is C23H24N4O2S. The highest BCUT2D eigenvalue weighted by atomic mass is 32.1. The molecule has 154 valence electrons. The van der Waals surface area contributed by atoms with E-state index in [2.05, 4.69) is 31.1 Å². The van der Waals surface area contributed by atoms with Gasteiger partial charge in [0.05, 0.1) is 16.8 Å². The zero-order valence-corrected chi connectivity index (χ0v) is 18.1. The Morgan fingerprint density at radius 3 is 2.77 bits per heavy atom. The van der Waals surface area contributed by atoms with Gasteiger partial charge in [-0.25, -0.2) is 4.98 Å². The molecule has 0 saturated heterocycles. The van der Waals surface area contributed by atoms with Crippen LogP contribution in [0.2, 0.25) is 0 Å². The number of carbonyl (C=O) groups is 1. The van der Waals surface area contributed by atoms with Crippen molar-refractivity contribution >= 4 is 32.6 Å². The maximum absolute atomic E-state index is 13.1. The van der Waals surface area contributed by atoms with Crippen molar-refractivity contribution in [2.45, 2.75) is 27.3 Å². The lowest BCUT2D eigenvalue weighted by Crippen LogP contribution is -2.37. The highest BCUT2D eigenvalue weighted by molar-refractivity contribution is 7.22. The van der Waals surface area contributed by atoms with Crippen LogP contribution >= 0.6 is 11.3 Å². The van der Waals surface area contributed by atoms with Crippen LogP contribution in [0.5, 0.6) is 5.75 Å². The van der Waals surface area contributed by atoms with Crippen molar-refractivity contribution in [3.63, 3.8) is 0 Å². The molecule has 2 heterocycles. The average Bonchev–Trinajstić information content (AvgIpc) is 3.36. The van der Waals surface area contributed by atoms with Crippen LogP contribution in [0.25, 0.3) is 10.2 Å². The number of anilines is 1. The number of nitrogens with zero attached hydrogens (tertiary/aromatic N) is 4. The normalized spacial score (nSPS) is 11.0. The van der Waals surface area contributed by atoms with Crippen LogP contribution in [0, 0.1) is 20.8 Å². The fraction of sp³-hybridized carbons (Fsp3) is 0.261. The third kappa shape index (κ3) is 4.52. The summed E-state index contributed by atoms with van der Waals surface area (Å²) in [6, 6.07) is 13.8. The number of thiazole rings is 1. The highest BCUT2D eigenvalue weighted by Gasteiger charge is 2.21. The molecule has 30 heavy (non-hydrogen) atoms. The maximum atomic E-state index is 13.1. The smallest absolute Gasteiger partial charge is 0.266 e. The molecule has 0 saturated carbocycles. The largest absolute Gasteiger partial charge is 0.484 e. The molecule has 2 aromatic heterocycles. The number of rotatable bonds is 7. The van der Waals surface area contributed by atoms with E-state index >= 15 is 0 Å². The van der Waals surface area contributed by atoms with E-state index in [9.17, 15) is 4.79 Å². The molecular weight excluding hydrogens is 396 g/mol. The van der Waals surface area contributed by atoms with E-state index in [1.807, 2.05) is 48.1 Å². The van der Waals surface area contributed by atoms with Gasteiger partial charge in [-0.2, -0.15) is 5.10 Å². The molecule has 4 rings (SSSR count). The van der Waals surface area contributed by atoms with Crippen LogP contribution in [0.4, 0.5) is 5.13 Å². The van der Waals surface area contributed by atoms with Gasteiger partial charge in [-0.05, 0) is 61.7 Å². The van der Waals surface area contributed by atoms with Crippen LogP contribution in [0.3, 0.4) is 0 Å². The quantitative estimate of drug-likeness (QED) is 0.441. The Morgan fingerprint density at radius 1 is 1.13 bits per heavy atom. The van der Waals surface area contributed by atoms with Gasteiger partial charge in [0.1, 0.15) is 5.75 Å². The van der Waals surface area contributed by atoms with Crippen molar-refractivity contribution in [2.75, 3.05) is 18.1 Å². The second-order valence-electron chi connectivity index (χ2n) is 7.34. The molecule has 0 spiro atoms. The van der Waals surface area contributed by atoms with E-state index in [1.165, 1.54) is 16.9 Å². The zero-order chi connectivity index (χ0) is 21.1. The highest BCUT2D eigenvalue weighted by Crippen LogP contribution is 2.32. The molecule has 0 aliphatic heterocycles. The van der Waals surface area contributed by atoms with Crippen LogP contribution in [0.1, 0.15) is 16.7 Å². The minimum atomic E-state index is -0.128. The number of amides is 1. The van der Waals surface area contributed by atoms with Crippen molar-refractivity contribution in [1.82, 2.24) is 14.8 Å². The van der Waals surface area contributed by atoms with Crippen molar-refractivity contribution in [3.8, 4) is 5.75 Å². The van der Waals surface area contributed by atoms with Crippen LogP contribution in [-0.4, -0.2) is 33.8 Å². The molecule has 0 atom stereocenters. The van der Waals surface area contributed by atoms with Crippen molar-refractivity contribution in [1.29, 1.82) is 0 Å². The molecule has 0 N–H and O–H groups in total. The van der Waals surface area contributed by atoms with E-state index in [4.69, 9.17) is 9.72 Å². The molecule has 4 aromatic rings. The first kappa shape index (κ1) is 20.1. The Morgan fingerprint density at radius 2 is 2.00 bits per heavy atom. The Labute approximate surface area is 179 Å². The summed E-state index contributed by atoms with van der Waals surface area (Å²) in [6.45, 7) is 7.12. The maximum Gasteiger partial charge on any atom is 0.266 e. The predicted molar refractivity (Wildman–Crippen MR) is 120 cm³/mol. The van der Waals surface area contributed by atoms with Crippen molar-refractivity contribution < 1.29 is 9.53 Å². The number of fused-ring (bicyclic) bond motifs is 1. The second kappa shape index (κ2) is 8.67. The number of aryl methyl sites for hydroxylation is 3. The first-order chi connectivity index (χ1) is 14.5. The van der Waals surface area contributed by atoms with Crippen molar-refractivity contribution in [3.05, 3.63) is 71.5 Å². The van der Waals surface area contributed by atoms with Gasteiger partial charge in [0.25, 0.3) is 5.91 Å². The number of ether oxygens (including phenoxy) is 1. The Hall–Kier alpha value is -3.19. The lowest BCUT2D eigenvalue weighted by Gasteiger charge is -2.20. The van der Waals surface area contributed by atoms with Gasteiger partial charge in [-0.15, -0.1) is 0 Å². The third-order valence-corrected chi connectivity index (χ3v) is 5.84. The van der Waals surface area contributed by atoms with Gasteiger partial charge in [0, 0.05) is 18.9 Å². The number of benzene rings is 2. The Bertz CT molecular complexity index is 1170. The summed E-state index contributed by atoms with van der Waals surface area (Å²) in [5.41, 5.74) is 4.33. The van der Waals surface area contributed by atoms with E-state index in [0.29, 0.717) is 24.0 Å². The topological polar surface area (TPSA) is 60.2 Å². The standard InChI is InChI=1S/C23H24N4O2S/c1-16-6-4-7-19(13-16)29-15-21(28)27(11-10-26-9-5-8-24-26)23-25-22-18(3)12-17(2)14-20(22)30-23/h4-9,12-14H,10-11,15H2,1-3H3. The molecule has 0 unspecified atom stereocenters. The van der Waals surface area contributed by atoms with Gasteiger partial charge < -0.3 is 4.74 Å². The first-order valence-corrected chi connectivity index (χ1v) is 10.7. The lowest BCUT2D eigenvalue weighted by atomic mass is 10.1. The monoisotopic (exact) mass is 420 g/mol. The van der Waals surface area contributed by atoms with E-state index in [-0.39, 0.29) is 12.5 Å². The fourth-order valence-corrected chi connectivity index (χ4v) is 4.55. The SMILES string of the molecule is Cc1cccc(OCC(=O)N(CCn2cccn2)c2nc3c(C)cc(C)cc3s2)c1. The van der Waals surface area contributed by atoms with Gasteiger partial charge in [0.2, 0.25) is 0 Å². The van der Waals surface area contributed by atoms with Gasteiger partial charge in [-0.1, -0.05) is 29.5 Å². The molecule has 0 fully saturated rings. The van der Waals surface area contributed by atoms with E-state index < -0.39 is 0 Å². The predicted octanol–water partition coefficient (Wildman–Crippen LogP) is 4.53. The number of carbonyl (C=O) groups excluding carboxylic acids is 1. The molecule has 1 amide bonds. The van der Waals surface area contributed by atoms with E-state index in [1.54, 1.807) is 11.1 Å². The lowest BCUT2D eigenvalue weighted by molar-refractivity contribution is -0.120. The van der Waals surface area contributed by atoms with Gasteiger partial charge >= 0.3 is 0 Å². The summed E-state index contributed by atoms with van der Waals surface area (Å²) in [4.78, 5) is 19.6. The van der Waals surface area contributed by atoms with Crippen molar-refractivity contribution in [2.24, 2.45) is 0 Å². The second-order valence-corrected chi connectivity index (χ2v) is 8.35. The average molecular weight is 421 g/mol. The molecule has 0 radical (unpaired) electrons. The summed E-state index contributed by atoms with van der Waals surface area (Å²) in [6.07, 6.45) is 3.62. The Kier molecular flexibility index (Phi) is 5.81. The van der Waals surface area contributed by atoms with Crippen LogP contribution in [0.15, 0.2) is 54.9 Å². The first-order valence-electron chi connectivity index (χ1n) is 9.84. The summed E-state index contributed by atoms with van der Waals surface area (Å²) in [5.74, 6) is 0.559. The summed E-state index contributed by atoms with van der Waals surface area (Å²) in [5, 5.41) is 4.93. The van der Waals surface area contributed by atoms with E-state index in [0.717, 1.165) is 21.3 Å². The summed E-state index contributed by atoms with van der Waals surface area (Å²) < 4.78 is 8.66. The molecule has 0 aliphatic carbocycles.